The van der Waals surface area contributed by atoms with Gasteiger partial charge in [0.05, 0.1) is 6.61 Å². The van der Waals surface area contributed by atoms with Crippen LogP contribution in [0.15, 0.2) is 48.5 Å². The lowest BCUT2D eigenvalue weighted by atomic mass is 10.00. The van der Waals surface area contributed by atoms with Crippen molar-refractivity contribution < 1.29 is 14.3 Å². The van der Waals surface area contributed by atoms with Gasteiger partial charge in [0.25, 0.3) is 0 Å². The van der Waals surface area contributed by atoms with Gasteiger partial charge in [-0.15, -0.1) is 0 Å². The average Bonchev–Trinajstić information content (AvgIpc) is 2.68. The molecule has 2 aromatic rings. The van der Waals surface area contributed by atoms with E-state index in [1.54, 1.807) is 6.07 Å². The van der Waals surface area contributed by atoms with Crippen molar-refractivity contribution in [2.75, 3.05) is 19.7 Å². The lowest BCUT2D eigenvalue weighted by Gasteiger charge is -2.09. The van der Waals surface area contributed by atoms with E-state index in [2.05, 4.69) is 43.4 Å². The number of carbonyl (C=O) groups excluding carboxylic acids is 1. The molecule has 0 saturated heterocycles. The van der Waals surface area contributed by atoms with Crippen molar-refractivity contribution in [3.63, 3.8) is 0 Å². The summed E-state index contributed by atoms with van der Waals surface area (Å²) < 4.78 is 11.2. The maximum absolute atomic E-state index is 11.3. The van der Waals surface area contributed by atoms with Crippen LogP contribution in [0.4, 0.5) is 4.39 Å². The van der Waals surface area contributed by atoms with E-state index in [0.29, 0.717) is 5.56 Å². The summed E-state index contributed by atoms with van der Waals surface area (Å²) in [4.78, 5) is 11.3. The lowest BCUT2D eigenvalue weighted by molar-refractivity contribution is 0.100. The third kappa shape index (κ3) is 9.62. The number of nitrogens with two attached hydrogens (primary N) is 1. The summed E-state index contributed by atoms with van der Waals surface area (Å²) in [5, 5.41) is 11.3. The zero-order valence-corrected chi connectivity index (χ0v) is 17.1. The molecule has 4 N–H and O–H groups in total. The van der Waals surface area contributed by atoms with Gasteiger partial charge in [0, 0.05) is 5.56 Å². The third-order valence-corrected chi connectivity index (χ3v) is 4.15. The molecular weight excluding hydrogens is 355 g/mol. The van der Waals surface area contributed by atoms with Crippen molar-refractivity contribution in [3.8, 4) is 11.1 Å². The van der Waals surface area contributed by atoms with Crippen LogP contribution in [0.2, 0.25) is 0 Å². The molecule has 5 heteroatoms. The summed E-state index contributed by atoms with van der Waals surface area (Å²) in [5.41, 5.74) is 9.34. The van der Waals surface area contributed by atoms with Crippen LogP contribution in [-0.2, 0) is 6.42 Å². The first-order valence-electron chi connectivity index (χ1n) is 9.78. The molecule has 1 atom stereocenters. The number of nitrogens with one attached hydrogen (secondary N) is 1. The largest absolute Gasteiger partial charge is 0.393 e. The molecule has 0 fully saturated rings. The highest BCUT2D eigenvalue weighted by atomic mass is 19.1. The molecule has 0 heterocycles. The molecule has 1 unspecified atom stereocenters. The van der Waals surface area contributed by atoms with Gasteiger partial charge in [-0.3, -0.25) is 4.79 Å². The second-order valence-electron chi connectivity index (χ2n) is 7.29. The van der Waals surface area contributed by atoms with Crippen LogP contribution in [0.1, 0.15) is 43.1 Å². The Morgan fingerprint density at radius 1 is 1.07 bits per heavy atom. The molecule has 2 rings (SSSR count). The van der Waals surface area contributed by atoms with Crippen LogP contribution < -0.4 is 11.1 Å². The maximum atomic E-state index is 11.3. The van der Waals surface area contributed by atoms with Gasteiger partial charge in [-0.25, -0.2) is 4.39 Å². The summed E-state index contributed by atoms with van der Waals surface area (Å²) in [6.45, 7) is 7.48. The molecule has 0 saturated carbocycles. The minimum absolute atomic E-state index is 0.361. The molecule has 0 aliphatic rings. The Kier molecular flexibility index (Phi) is 11.1. The smallest absolute Gasteiger partial charge is 0.248 e. The predicted octanol–water partition coefficient (Wildman–Crippen LogP) is 3.97. The minimum atomic E-state index is -1.06. The Bertz CT molecular complexity index is 717. The first-order valence-corrected chi connectivity index (χ1v) is 9.78. The van der Waals surface area contributed by atoms with Gasteiger partial charge in [-0.1, -0.05) is 50.2 Å². The Balaban J connectivity index is 0.000000696. The van der Waals surface area contributed by atoms with Crippen molar-refractivity contribution in [1.82, 2.24) is 5.32 Å². The Morgan fingerprint density at radius 3 is 2.25 bits per heavy atom. The molecule has 4 nitrogen and oxygen atoms in total. The Hall–Kier alpha value is -2.24. The van der Waals surface area contributed by atoms with E-state index < -0.39 is 12.1 Å². The monoisotopic (exact) mass is 388 g/mol. The van der Waals surface area contributed by atoms with E-state index >= 15 is 0 Å². The highest BCUT2D eigenvalue weighted by molar-refractivity contribution is 5.94. The molecule has 0 aliphatic carbocycles. The molecule has 0 radical (unpaired) electrons. The molecule has 0 spiro atoms. The number of carbonyl (C=O) groups is 1. The minimum Gasteiger partial charge on any atom is -0.393 e. The van der Waals surface area contributed by atoms with Crippen molar-refractivity contribution in [3.05, 3.63) is 59.7 Å². The number of hydrogen-bond donors (Lipinski definition) is 3. The van der Waals surface area contributed by atoms with Crippen LogP contribution in [0.5, 0.6) is 0 Å². The van der Waals surface area contributed by atoms with Crippen LogP contribution in [0.3, 0.4) is 0 Å². The van der Waals surface area contributed by atoms with Gasteiger partial charge >= 0.3 is 0 Å². The van der Waals surface area contributed by atoms with Crippen molar-refractivity contribution in [2.24, 2.45) is 11.7 Å². The fourth-order valence-electron chi connectivity index (χ4n) is 2.51. The summed E-state index contributed by atoms with van der Waals surface area (Å²) in [7, 11) is 0. The SMILES string of the molecule is CC(C)CCNCCc1cccc(-c2cccc(C(N)=O)c2)c1.CC(F)CO. The van der Waals surface area contributed by atoms with E-state index in [9.17, 15) is 9.18 Å². The van der Waals surface area contributed by atoms with Gasteiger partial charge in [0.1, 0.15) is 6.17 Å². The molecule has 0 aromatic heterocycles. The second kappa shape index (κ2) is 13.0. The number of halogens is 1. The molecule has 154 valence electrons. The number of primary amides is 1. The van der Waals surface area contributed by atoms with Crippen molar-refractivity contribution in [2.45, 2.75) is 39.8 Å². The lowest BCUT2D eigenvalue weighted by Crippen LogP contribution is -2.19. The maximum Gasteiger partial charge on any atom is 0.248 e. The number of alkyl halides is 1. The predicted molar refractivity (Wildman–Crippen MR) is 114 cm³/mol. The topological polar surface area (TPSA) is 75.3 Å². The van der Waals surface area contributed by atoms with Gasteiger partial charge in [-0.2, -0.15) is 0 Å². The first kappa shape index (κ1) is 23.8. The third-order valence-electron chi connectivity index (χ3n) is 4.15. The molecule has 1 amide bonds. The average molecular weight is 389 g/mol. The number of hydrogen-bond acceptors (Lipinski definition) is 3. The van der Waals surface area contributed by atoms with Crippen molar-refractivity contribution in [1.29, 1.82) is 0 Å². The van der Waals surface area contributed by atoms with Crippen LogP contribution in [-0.4, -0.2) is 36.9 Å². The first-order chi connectivity index (χ1) is 13.3. The molecule has 28 heavy (non-hydrogen) atoms. The van der Waals surface area contributed by atoms with Gasteiger partial charge in [0.2, 0.25) is 5.91 Å². The second-order valence-corrected chi connectivity index (χ2v) is 7.29. The van der Waals surface area contributed by atoms with E-state index in [-0.39, 0.29) is 6.61 Å². The molecule has 0 bridgehead atoms. The number of aliphatic hydroxyl groups is 1. The number of benzene rings is 2. The zero-order chi connectivity index (χ0) is 20.9. The van der Waals surface area contributed by atoms with Crippen molar-refractivity contribution >= 4 is 5.91 Å². The Labute approximate surface area is 168 Å². The summed E-state index contributed by atoms with van der Waals surface area (Å²) in [6.07, 6.45) is 1.15. The molecule has 0 aliphatic heterocycles. The number of amides is 1. The van der Waals surface area contributed by atoms with Gasteiger partial charge in [0.15, 0.2) is 0 Å². The van der Waals surface area contributed by atoms with Crippen LogP contribution >= 0.6 is 0 Å². The zero-order valence-electron chi connectivity index (χ0n) is 17.1. The summed E-state index contributed by atoms with van der Waals surface area (Å²) in [6, 6.07) is 15.9. The fourth-order valence-corrected chi connectivity index (χ4v) is 2.51. The van der Waals surface area contributed by atoms with Gasteiger partial charge < -0.3 is 16.2 Å². The van der Waals surface area contributed by atoms with E-state index in [1.165, 1.54) is 18.9 Å². The van der Waals surface area contributed by atoms with Gasteiger partial charge in [-0.05, 0) is 67.6 Å². The normalized spacial score (nSPS) is 11.6. The van der Waals surface area contributed by atoms with Crippen LogP contribution in [0, 0.1) is 5.92 Å². The molecule has 2 aromatic carbocycles. The van der Waals surface area contributed by atoms with E-state index in [0.717, 1.165) is 36.6 Å². The van der Waals surface area contributed by atoms with E-state index in [4.69, 9.17) is 10.8 Å². The summed E-state index contributed by atoms with van der Waals surface area (Å²) in [5.74, 6) is 0.348. The fraction of sp³-hybridized carbons (Fsp3) is 0.435. The number of aliphatic hydroxyl groups excluding tert-OH is 1. The molecular formula is C23H33FN2O2. The standard InChI is InChI=1S/C20H26N2O.C3H7FO/c1-15(2)9-11-22-12-10-16-5-3-6-17(13-16)18-7-4-8-19(14-18)20(21)23;1-3(4)2-5/h3-8,13-15,22H,9-12H2,1-2H3,(H2,21,23);3,5H,2H2,1H3. The number of rotatable bonds is 9. The summed E-state index contributed by atoms with van der Waals surface area (Å²) >= 11 is 0. The quantitative estimate of drug-likeness (QED) is 0.569. The highest BCUT2D eigenvalue weighted by Gasteiger charge is 2.04. The Morgan fingerprint density at radius 2 is 1.68 bits per heavy atom. The highest BCUT2D eigenvalue weighted by Crippen LogP contribution is 2.21. The van der Waals surface area contributed by atoms with E-state index in [1.807, 2.05) is 18.2 Å². The van der Waals surface area contributed by atoms with Crippen LogP contribution in [0.25, 0.3) is 11.1 Å².